The number of nitrogens with zero attached hydrogens (tertiary/aromatic N) is 1. The molecule has 1 heterocycles. The fourth-order valence-corrected chi connectivity index (χ4v) is 2.53. The first-order valence-electron chi connectivity index (χ1n) is 7.60. The number of carbonyl (C=O) groups excluding carboxylic acids is 2. The minimum absolute atomic E-state index is 0.0262. The molecule has 5 nitrogen and oxygen atoms in total. The van der Waals surface area contributed by atoms with Crippen LogP contribution in [0.3, 0.4) is 0 Å². The van der Waals surface area contributed by atoms with Gasteiger partial charge in [-0.2, -0.15) is 0 Å². The average molecular weight is 328 g/mol. The summed E-state index contributed by atoms with van der Waals surface area (Å²) in [6.07, 6.45) is 0.470. The summed E-state index contributed by atoms with van der Waals surface area (Å²) >= 11 is 0. The summed E-state index contributed by atoms with van der Waals surface area (Å²) in [6.45, 7) is 0.348. The monoisotopic (exact) mass is 328 g/mol. The summed E-state index contributed by atoms with van der Waals surface area (Å²) < 4.78 is 18.4. The van der Waals surface area contributed by atoms with Gasteiger partial charge in [0.2, 0.25) is 11.8 Å². The number of anilines is 2. The highest BCUT2D eigenvalue weighted by molar-refractivity contribution is 5.96. The van der Waals surface area contributed by atoms with Crippen molar-refractivity contribution < 1.29 is 18.7 Å². The minimum Gasteiger partial charge on any atom is -0.491 e. The van der Waals surface area contributed by atoms with E-state index in [0.717, 1.165) is 5.56 Å². The van der Waals surface area contributed by atoms with E-state index < -0.39 is 0 Å². The van der Waals surface area contributed by atoms with Gasteiger partial charge in [-0.3, -0.25) is 9.59 Å². The average Bonchev–Trinajstić information content (AvgIpc) is 2.70. The number of fused-ring (bicyclic) bond motifs is 1. The molecule has 0 radical (unpaired) electrons. The number of hydrogen-bond donors (Lipinski definition) is 1. The Balaban J connectivity index is 1.73. The van der Waals surface area contributed by atoms with Crippen molar-refractivity contribution in [2.24, 2.45) is 0 Å². The normalized spacial score (nSPS) is 13.8. The molecule has 3 rings (SSSR count). The van der Waals surface area contributed by atoms with Crippen molar-refractivity contribution in [3.05, 3.63) is 53.8 Å². The van der Waals surface area contributed by atoms with Crippen LogP contribution in [0.5, 0.6) is 5.75 Å². The topological polar surface area (TPSA) is 58.6 Å². The molecule has 124 valence electrons. The molecule has 0 atom stereocenters. The number of ether oxygens (including phenoxy) is 1. The van der Waals surface area contributed by atoms with Crippen LogP contribution in [0.4, 0.5) is 15.8 Å². The molecule has 1 aliphatic rings. The molecule has 2 amide bonds. The summed E-state index contributed by atoms with van der Waals surface area (Å²) in [6, 6.07) is 10.9. The van der Waals surface area contributed by atoms with E-state index in [9.17, 15) is 14.0 Å². The molecule has 0 bridgehead atoms. The summed E-state index contributed by atoms with van der Waals surface area (Å²) in [5.41, 5.74) is 1.95. The molecule has 1 aliphatic heterocycles. The maximum Gasteiger partial charge on any atom is 0.230 e. The van der Waals surface area contributed by atoms with Gasteiger partial charge in [-0.15, -0.1) is 0 Å². The Hall–Kier alpha value is -2.89. The predicted molar refractivity (Wildman–Crippen MR) is 88.7 cm³/mol. The van der Waals surface area contributed by atoms with Gasteiger partial charge < -0.3 is 15.0 Å². The van der Waals surface area contributed by atoms with Crippen LogP contribution in [0, 0.1) is 5.82 Å². The molecule has 6 heteroatoms. The lowest BCUT2D eigenvalue weighted by Gasteiger charge is -2.17. The Kier molecular flexibility index (Phi) is 4.46. The van der Waals surface area contributed by atoms with Gasteiger partial charge in [0.25, 0.3) is 0 Å². The van der Waals surface area contributed by atoms with Crippen LogP contribution in [-0.2, 0) is 16.0 Å². The summed E-state index contributed by atoms with van der Waals surface area (Å²) in [4.78, 5) is 25.6. The Labute approximate surface area is 139 Å². The molecular weight excluding hydrogens is 311 g/mol. The Morgan fingerprint density at radius 3 is 2.75 bits per heavy atom. The molecule has 0 saturated carbocycles. The second-order valence-electron chi connectivity index (χ2n) is 5.59. The summed E-state index contributed by atoms with van der Waals surface area (Å²) in [5, 5.41) is 2.71. The second kappa shape index (κ2) is 6.70. The van der Waals surface area contributed by atoms with Gasteiger partial charge in [0.1, 0.15) is 11.6 Å². The van der Waals surface area contributed by atoms with Crippen molar-refractivity contribution in [1.82, 2.24) is 0 Å². The highest BCUT2D eigenvalue weighted by Gasteiger charge is 2.20. The standard InChI is InChI=1S/C18H17FN2O3/c1-21-15-10-12(2-7-16(15)24-9-8-18(21)23)11-17(22)20-14-5-3-13(19)4-6-14/h2-7,10H,8-9,11H2,1H3,(H,20,22). The van der Waals surface area contributed by atoms with Gasteiger partial charge in [-0.1, -0.05) is 6.07 Å². The SMILES string of the molecule is CN1C(=O)CCOc2ccc(CC(=O)Nc3ccc(F)cc3)cc21. The van der Waals surface area contributed by atoms with Gasteiger partial charge in [0.15, 0.2) is 0 Å². The molecule has 1 N–H and O–H groups in total. The van der Waals surface area contributed by atoms with Gasteiger partial charge in [0, 0.05) is 12.7 Å². The molecule has 0 aromatic heterocycles. The Morgan fingerprint density at radius 2 is 2.00 bits per heavy atom. The number of carbonyl (C=O) groups is 2. The Morgan fingerprint density at radius 1 is 1.25 bits per heavy atom. The molecular formula is C18H17FN2O3. The van der Waals surface area contributed by atoms with Crippen molar-refractivity contribution in [3.8, 4) is 5.75 Å². The summed E-state index contributed by atoms with van der Waals surface area (Å²) in [5.74, 6) is 0.0317. The second-order valence-corrected chi connectivity index (χ2v) is 5.59. The third-order valence-electron chi connectivity index (χ3n) is 3.82. The quantitative estimate of drug-likeness (QED) is 0.942. The van der Waals surface area contributed by atoms with Crippen molar-refractivity contribution in [1.29, 1.82) is 0 Å². The molecule has 0 spiro atoms. The van der Waals surface area contributed by atoms with E-state index in [-0.39, 0.29) is 24.1 Å². The Bertz CT molecular complexity index is 774. The van der Waals surface area contributed by atoms with E-state index in [1.165, 1.54) is 24.3 Å². The van der Waals surface area contributed by atoms with Crippen molar-refractivity contribution in [2.75, 3.05) is 23.9 Å². The highest BCUT2D eigenvalue weighted by atomic mass is 19.1. The molecule has 2 aromatic carbocycles. The van der Waals surface area contributed by atoms with Crippen LogP contribution in [0.25, 0.3) is 0 Å². The third-order valence-corrected chi connectivity index (χ3v) is 3.82. The first-order valence-corrected chi connectivity index (χ1v) is 7.60. The number of hydrogen-bond acceptors (Lipinski definition) is 3. The zero-order valence-corrected chi connectivity index (χ0v) is 13.2. The maximum absolute atomic E-state index is 12.9. The number of halogens is 1. The van der Waals surface area contributed by atoms with Gasteiger partial charge in [0.05, 0.1) is 25.1 Å². The zero-order valence-electron chi connectivity index (χ0n) is 13.2. The van der Waals surface area contributed by atoms with Crippen LogP contribution in [0.1, 0.15) is 12.0 Å². The van der Waals surface area contributed by atoms with Crippen molar-refractivity contribution >= 4 is 23.2 Å². The number of benzene rings is 2. The fourth-order valence-electron chi connectivity index (χ4n) is 2.53. The van der Waals surface area contributed by atoms with E-state index in [2.05, 4.69) is 5.32 Å². The van der Waals surface area contributed by atoms with E-state index in [4.69, 9.17) is 4.74 Å². The van der Waals surface area contributed by atoms with Gasteiger partial charge >= 0.3 is 0 Å². The molecule has 2 aromatic rings. The zero-order chi connectivity index (χ0) is 17.1. The van der Waals surface area contributed by atoms with Crippen LogP contribution in [0.15, 0.2) is 42.5 Å². The van der Waals surface area contributed by atoms with Gasteiger partial charge in [-0.25, -0.2) is 4.39 Å². The predicted octanol–water partition coefficient (Wildman–Crippen LogP) is 2.75. The molecule has 24 heavy (non-hydrogen) atoms. The van der Waals surface area contributed by atoms with E-state index in [1.54, 1.807) is 30.1 Å². The van der Waals surface area contributed by atoms with E-state index in [0.29, 0.717) is 30.2 Å². The number of amides is 2. The third kappa shape index (κ3) is 3.53. The van der Waals surface area contributed by atoms with Crippen molar-refractivity contribution in [2.45, 2.75) is 12.8 Å². The smallest absolute Gasteiger partial charge is 0.230 e. The lowest BCUT2D eigenvalue weighted by molar-refractivity contribution is -0.118. The number of rotatable bonds is 3. The van der Waals surface area contributed by atoms with Crippen LogP contribution in [-0.4, -0.2) is 25.5 Å². The number of nitrogens with one attached hydrogen (secondary N) is 1. The van der Waals surface area contributed by atoms with Crippen LogP contribution < -0.4 is 15.0 Å². The van der Waals surface area contributed by atoms with Gasteiger partial charge in [-0.05, 0) is 42.0 Å². The summed E-state index contributed by atoms with van der Waals surface area (Å²) in [7, 11) is 1.69. The molecule has 0 fully saturated rings. The minimum atomic E-state index is -0.355. The highest BCUT2D eigenvalue weighted by Crippen LogP contribution is 2.31. The van der Waals surface area contributed by atoms with Crippen LogP contribution >= 0.6 is 0 Å². The molecule has 0 unspecified atom stereocenters. The fraction of sp³-hybridized carbons (Fsp3) is 0.222. The van der Waals surface area contributed by atoms with Crippen molar-refractivity contribution in [3.63, 3.8) is 0 Å². The molecule has 0 aliphatic carbocycles. The van der Waals surface area contributed by atoms with Crippen LogP contribution in [0.2, 0.25) is 0 Å². The lowest BCUT2D eigenvalue weighted by atomic mass is 10.1. The van der Waals surface area contributed by atoms with E-state index >= 15 is 0 Å². The lowest BCUT2D eigenvalue weighted by Crippen LogP contribution is -2.25. The largest absolute Gasteiger partial charge is 0.491 e. The first kappa shape index (κ1) is 16.0. The molecule has 0 saturated heterocycles. The van der Waals surface area contributed by atoms with E-state index in [1.807, 2.05) is 0 Å². The first-order chi connectivity index (χ1) is 11.5. The maximum atomic E-state index is 12.9.